The van der Waals surface area contributed by atoms with Gasteiger partial charge in [0, 0.05) is 19.6 Å². The van der Waals surface area contributed by atoms with Gasteiger partial charge in [0.25, 0.3) is 0 Å². The molecule has 2 amide bonds. The standard InChI is InChI=1S/C20H22N2O4/c1-20(18(23)24)10-11-22(14-20)19(25)21-13-15-6-5-9-17(12-15)26-16-7-3-2-4-8-16/h2-9,12H,10-11,13-14H2,1H3,(H,21,25)(H,23,24). The molecular formula is C20H22N2O4. The molecule has 6 heteroatoms. The Bertz CT molecular complexity index is 793. The maximum absolute atomic E-state index is 12.3. The Morgan fingerprint density at radius 2 is 1.88 bits per heavy atom. The highest BCUT2D eigenvalue weighted by atomic mass is 16.5. The van der Waals surface area contributed by atoms with Gasteiger partial charge in [-0.3, -0.25) is 4.79 Å². The van der Waals surface area contributed by atoms with E-state index in [0.29, 0.717) is 25.3 Å². The number of hydrogen-bond donors (Lipinski definition) is 2. The van der Waals surface area contributed by atoms with Crippen molar-refractivity contribution < 1.29 is 19.4 Å². The van der Waals surface area contributed by atoms with E-state index in [9.17, 15) is 14.7 Å². The van der Waals surface area contributed by atoms with E-state index in [1.165, 1.54) is 0 Å². The molecule has 136 valence electrons. The Labute approximate surface area is 152 Å². The van der Waals surface area contributed by atoms with E-state index in [2.05, 4.69) is 5.32 Å². The number of hydrogen-bond acceptors (Lipinski definition) is 3. The van der Waals surface area contributed by atoms with Gasteiger partial charge >= 0.3 is 12.0 Å². The largest absolute Gasteiger partial charge is 0.481 e. The van der Waals surface area contributed by atoms with E-state index < -0.39 is 11.4 Å². The van der Waals surface area contributed by atoms with Gasteiger partial charge in [-0.25, -0.2) is 4.79 Å². The predicted octanol–water partition coefficient (Wildman–Crippen LogP) is 3.49. The van der Waals surface area contributed by atoms with Crippen LogP contribution >= 0.6 is 0 Å². The number of carbonyl (C=O) groups is 2. The van der Waals surface area contributed by atoms with Gasteiger partial charge in [0.1, 0.15) is 11.5 Å². The molecule has 2 aromatic carbocycles. The van der Waals surface area contributed by atoms with Crippen molar-refractivity contribution in [3.05, 3.63) is 60.2 Å². The Morgan fingerprint density at radius 1 is 1.15 bits per heavy atom. The molecule has 0 saturated carbocycles. The summed E-state index contributed by atoms with van der Waals surface area (Å²) in [6.07, 6.45) is 0.468. The van der Waals surface area contributed by atoms with E-state index in [-0.39, 0.29) is 12.6 Å². The average Bonchev–Trinajstić information content (AvgIpc) is 3.05. The maximum atomic E-state index is 12.3. The van der Waals surface area contributed by atoms with Crippen LogP contribution in [0.4, 0.5) is 4.79 Å². The summed E-state index contributed by atoms with van der Waals surface area (Å²) >= 11 is 0. The highest BCUT2D eigenvalue weighted by Gasteiger charge is 2.42. The number of likely N-dealkylation sites (tertiary alicyclic amines) is 1. The lowest BCUT2D eigenvalue weighted by atomic mass is 9.90. The van der Waals surface area contributed by atoms with E-state index >= 15 is 0 Å². The lowest BCUT2D eigenvalue weighted by molar-refractivity contribution is -0.147. The van der Waals surface area contributed by atoms with Crippen molar-refractivity contribution in [2.45, 2.75) is 19.9 Å². The Morgan fingerprint density at radius 3 is 2.58 bits per heavy atom. The van der Waals surface area contributed by atoms with Gasteiger partial charge in [0.2, 0.25) is 0 Å². The fraction of sp³-hybridized carbons (Fsp3) is 0.300. The normalized spacial score (nSPS) is 19.2. The SMILES string of the molecule is CC1(C(=O)O)CCN(C(=O)NCc2cccc(Oc3ccccc3)c2)C1. The second-order valence-corrected chi connectivity index (χ2v) is 6.76. The molecule has 6 nitrogen and oxygen atoms in total. The molecular weight excluding hydrogens is 332 g/mol. The number of nitrogens with one attached hydrogen (secondary N) is 1. The number of para-hydroxylation sites is 1. The van der Waals surface area contributed by atoms with Crippen molar-refractivity contribution in [2.24, 2.45) is 5.41 Å². The zero-order valence-corrected chi connectivity index (χ0v) is 14.6. The van der Waals surface area contributed by atoms with E-state index in [1.54, 1.807) is 11.8 Å². The number of amides is 2. The van der Waals surface area contributed by atoms with Crippen molar-refractivity contribution in [3.63, 3.8) is 0 Å². The second-order valence-electron chi connectivity index (χ2n) is 6.76. The summed E-state index contributed by atoms with van der Waals surface area (Å²) < 4.78 is 5.79. The fourth-order valence-corrected chi connectivity index (χ4v) is 2.94. The van der Waals surface area contributed by atoms with E-state index in [0.717, 1.165) is 11.3 Å². The fourth-order valence-electron chi connectivity index (χ4n) is 2.94. The number of rotatable bonds is 5. The van der Waals surface area contributed by atoms with Gasteiger partial charge in [-0.2, -0.15) is 0 Å². The van der Waals surface area contributed by atoms with E-state index in [4.69, 9.17) is 4.74 Å². The van der Waals surface area contributed by atoms with Crippen molar-refractivity contribution in [1.82, 2.24) is 10.2 Å². The van der Waals surface area contributed by atoms with Crippen molar-refractivity contribution in [2.75, 3.05) is 13.1 Å². The van der Waals surface area contributed by atoms with Crippen LogP contribution in [0.1, 0.15) is 18.9 Å². The maximum Gasteiger partial charge on any atom is 0.317 e. The summed E-state index contributed by atoms with van der Waals surface area (Å²) in [5.41, 5.74) is 0.0489. The minimum absolute atomic E-state index is 0.228. The van der Waals surface area contributed by atoms with Crippen molar-refractivity contribution in [1.29, 1.82) is 0 Å². The summed E-state index contributed by atoms with van der Waals surface area (Å²) in [6, 6.07) is 16.7. The van der Waals surface area contributed by atoms with Crippen LogP contribution in [0, 0.1) is 5.41 Å². The first-order chi connectivity index (χ1) is 12.5. The highest BCUT2D eigenvalue weighted by Crippen LogP contribution is 2.30. The molecule has 2 N–H and O–H groups in total. The third-order valence-electron chi connectivity index (χ3n) is 4.60. The molecule has 0 aliphatic carbocycles. The topological polar surface area (TPSA) is 78.9 Å². The van der Waals surface area contributed by atoms with Crippen LogP contribution in [0.2, 0.25) is 0 Å². The van der Waals surface area contributed by atoms with E-state index in [1.807, 2.05) is 54.6 Å². The molecule has 3 rings (SSSR count). The first-order valence-corrected chi connectivity index (χ1v) is 8.54. The number of urea groups is 1. The molecule has 0 radical (unpaired) electrons. The van der Waals surface area contributed by atoms with Crippen LogP contribution in [0.3, 0.4) is 0 Å². The number of benzene rings is 2. The minimum atomic E-state index is -0.862. The number of carboxylic acids is 1. The number of ether oxygens (including phenoxy) is 1. The molecule has 0 aromatic heterocycles. The van der Waals surface area contributed by atoms with Crippen LogP contribution < -0.4 is 10.1 Å². The van der Waals surface area contributed by atoms with Crippen LogP contribution in [-0.2, 0) is 11.3 Å². The van der Waals surface area contributed by atoms with Gasteiger partial charge in [0.15, 0.2) is 0 Å². The molecule has 1 saturated heterocycles. The Balaban J connectivity index is 1.56. The minimum Gasteiger partial charge on any atom is -0.481 e. The molecule has 1 unspecified atom stereocenters. The van der Waals surface area contributed by atoms with Gasteiger partial charge in [0.05, 0.1) is 5.41 Å². The molecule has 1 heterocycles. The van der Waals surface area contributed by atoms with Crippen LogP contribution in [0.15, 0.2) is 54.6 Å². The molecule has 1 aliphatic rings. The first kappa shape index (κ1) is 17.8. The highest BCUT2D eigenvalue weighted by molar-refractivity contribution is 5.79. The number of carbonyl (C=O) groups excluding carboxylic acids is 1. The average molecular weight is 354 g/mol. The number of aliphatic carboxylic acids is 1. The zero-order chi connectivity index (χ0) is 18.6. The molecule has 0 bridgehead atoms. The molecule has 1 fully saturated rings. The quantitative estimate of drug-likeness (QED) is 0.861. The number of carboxylic acid groups (broad SMARTS) is 1. The monoisotopic (exact) mass is 354 g/mol. The third kappa shape index (κ3) is 4.14. The molecule has 26 heavy (non-hydrogen) atoms. The predicted molar refractivity (Wildman–Crippen MR) is 97.1 cm³/mol. The van der Waals surface area contributed by atoms with Crippen LogP contribution in [-0.4, -0.2) is 35.1 Å². The molecule has 1 atom stereocenters. The second kappa shape index (κ2) is 7.47. The van der Waals surface area contributed by atoms with Gasteiger partial charge in [-0.15, -0.1) is 0 Å². The lowest BCUT2D eigenvalue weighted by Crippen LogP contribution is -2.40. The van der Waals surface area contributed by atoms with Crippen LogP contribution in [0.25, 0.3) is 0 Å². The van der Waals surface area contributed by atoms with Gasteiger partial charge in [-0.05, 0) is 43.2 Å². The Hall–Kier alpha value is -3.02. The molecule has 0 spiro atoms. The number of nitrogens with zero attached hydrogens (tertiary/aromatic N) is 1. The summed E-state index contributed by atoms with van der Waals surface area (Å²) in [5.74, 6) is 0.583. The van der Waals surface area contributed by atoms with Crippen molar-refractivity contribution in [3.8, 4) is 11.5 Å². The zero-order valence-electron chi connectivity index (χ0n) is 14.6. The summed E-state index contributed by atoms with van der Waals surface area (Å²) in [7, 11) is 0. The first-order valence-electron chi connectivity index (χ1n) is 8.54. The summed E-state index contributed by atoms with van der Waals surface area (Å²) in [6.45, 7) is 2.70. The smallest absolute Gasteiger partial charge is 0.317 e. The van der Waals surface area contributed by atoms with Gasteiger partial charge < -0.3 is 20.1 Å². The van der Waals surface area contributed by atoms with Gasteiger partial charge in [-0.1, -0.05) is 30.3 Å². The van der Waals surface area contributed by atoms with Crippen LogP contribution in [0.5, 0.6) is 11.5 Å². The lowest BCUT2D eigenvalue weighted by Gasteiger charge is -2.20. The summed E-state index contributed by atoms with van der Waals surface area (Å²) in [5, 5.41) is 12.1. The van der Waals surface area contributed by atoms with Crippen molar-refractivity contribution >= 4 is 12.0 Å². The third-order valence-corrected chi connectivity index (χ3v) is 4.60. The molecule has 2 aromatic rings. The molecule has 1 aliphatic heterocycles. The Kier molecular flexibility index (Phi) is 5.11. The summed E-state index contributed by atoms with van der Waals surface area (Å²) in [4.78, 5) is 25.1.